The summed E-state index contributed by atoms with van der Waals surface area (Å²) in [6.07, 6.45) is 9.16. The lowest BCUT2D eigenvalue weighted by Gasteiger charge is -2.31. The molecule has 0 aromatic rings. The monoisotopic (exact) mass is 255 g/mol. The Kier molecular flexibility index (Phi) is 7.25. The highest BCUT2D eigenvalue weighted by molar-refractivity contribution is 4.79. The standard InChI is InChI=1S/C16H33NO/c1-4-16(5-2,13-18)12-17-10-9-15-8-6-7-14(3)11-15/h14-15,17-18H,4-13H2,1-3H3. The number of hydrogen-bond donors (Lipinski definition) is 2. The molecule has 1 aliphatic rings. The molecular weight excluding hydrogens is 222 g/mol. The molecule has 0 spiro atoms. The average Bonchev–Trinajstić information content (AvgIpc) is 2.40. The van der Waals surface area contributed by atoms with Crippen molar-refractivity contribution in [2.75, 3.05) is 19.7 Å². The Labute approximate surface area is 114 Å². The van der Waals surface area contributed by atoms with Crippen molar-refractivity contribution in [3.63, 3.8) is 0 Å². The van der Waals surface area contributed by atoms with Gasteiger partial charge >= 0.3 is 0 Å². The molecule has 2 nitrogen and oxygen atoms in total. The zero-order valence-electron chi connectivity index (χ0n) is 12.7. The Morgan fingerprint density at radius 2 is 1.94 bits per heavy atom. The van der Waals surface area contributed by atoms with Crippen molar-refractivity contribution in [2.45, 2.75) is 65.7 Å². The summed E-state index contributed by atoms with van der Waals surface area (Å²) in [6.45, 7) is 9.17. The zero-order chi connectivity index (χ0) is 13.4. The third-order valence-electron chi connectivity index (χ3n) is 5.11. The molecule has 0 saturated heterocycles. The number of aliphatic hydroxyl groups is 1. The number of rotatable bonds is 8. The van der Waals surface area contributed by atoms with Gasteiger partial charge in [0.2, 0.25) is 0 Å². The molecule has 108 valence electrons. The van der Waals surface area contributed by atoms with Gasteiger partial charge < -0.3 is 10.4 Å². The van der Waals surface area contributed by atoms with Gasteiger partial charge in [-0.15, -0.1) is 0 Å². The van der Waals surface area contributed by atoms with Crippen molar-refractivity contribution in [2.24, 2.45) is 17.3 Å². The number of nitrogens with one attached hydrogen (secondary N) is 1. The first-order chi connectivity index (χ1) is 8.65. The summed E-state index contributed by atoms with van der Waals surface area (Å²) in [6, 6.07) is 0. The topological polar surface area (TPSA) is 32.3 Å². The normalized spacial score (nSPS) is 25.3. The van der Waals surface area contributed by atoms with Crippen molar-refractivity contribution in [1.29, 1.82) is 0 Å². The van der Waals surface area contributed by atoms with E-state index in [-0.39, 0.29) is 5.41 Å². The van der Waals surface area contributed by atoms with Gasteiger partial charge in [0.05, 0.1) is 0 Å². The van der Waals surface area contributed by atoms with Crippen LogP contribution in [0.3, 0.4) is 0 Å². The quantitative estimate of drug-likeness (QED) is 0.650. The lowest BCUT2D eigenvalue weighted by atomic mass is 9.80. The molecule has 18 heavy (non-hydrogen) atoms. The van der Waals surface area contributed by atoms with Gasteiger partial charge in [0, 0.05) is 18.6 Å². The van der Waals surface area contributed by atoms with Crippen LogP contribution in [0.4, 0.5) is 0 Å². The van der Waals surface area contributed by atoms with Crippen LogP contribution in [0.2, 0.25) is 0 Å². The summed E-state index contributed by atoms with van der Waals surface area (Å²) in [5, 5.41) is 13.1. The molecule has 1 aliphatic carbocycles. The van der Waals surface area contributed by atoms with Gasteiger partial charge in [-0.05, 0) is 44.1 Å². The van der Waals surface area contributed by atoms with Gasteiger partial charge in [-0.3, -0.25) is 0 Å². The van der Waals surface area contributed by atoms with E-state index in [1.807, 2.05) is 0 Å². The predicted octanol–water partition coefficient (Wildman–Crippen LogP) is 3.59. The highest BCUT2D eigenvalue weighted by Crippen LogP contribution is 2.30. The lowest BCUT2D eigenvalue weighted by molar-refractivity contribution is 0.112. The molecule has 0 aromatic carbocycles. The van der Waals surface area contributed by atoms with Crippen LogP contribution < -0.4 is 5.32 Å². The maximum absolute atomic E-state index is 9.52. The summed E-state index contributed by atoms with van der Waals surface area (Å²) in [7, 11) is 0. The van der Waals surface area contributed by atoms with Gasteiger partial charge in [-0.1, -0.05) is 40.0 Å². The van der Waals surface area contributed by atoms with Crippen LogP contribution in [-0.4, -0.2) is 24.8 Å². The maximum atomic E-state index is 9.52. The molecule has 0 heterocycles. The van der Waals surface area contributed by atoms with Crippen molar-refractivity contribution in [3.8, 4) is 0 Å². The Hall–Kier alpha value is -0.0800. The first kappa shape index (κ1) is 16.0. The Morgan fingerprint density at radius 3 is 2.50 bits per heavy atom. The molecule has 2 N–H and O–H groups in total. The van der Waals surface area contributed by atoms with Crippen LogP contribution in [0.15, 0.2) is 0 Å². The molecule has 2 unspecified atom stereocenters. The zero-order valence-corrected chi connectivity index (χ0v) is 12.7. The SMILES string of the molecule is CCC(CC)(CO)CNCCC1CCCC(C)C1. The number of hydrogen-bond acceptors (Lipinski definition) is 2. The fourth-order valence-electron chi connectivity index (χ4n) is 3.26. The summed E-state index contributed by atoms with van der Waals surface area (Å²) in [5.41, 5.74) is 0.111. The first-order valence-electron chi connectivity index (χ1n) is 7.97. The predicted molar refractivity (Wildman–Crippen MR) is 78.7 cm³/mol. The minimum absolute atomic E-state index is 0.111. The van der Waals surface area contributed by atoms with Crippen LogP contribution in [-0.2, 0) is 0 Å². The largest absolute Gasteiger partial charge is 0.396 e. The Morgan fingerprint density at radius 1 is 1.22 bits per heavy atom. The third kappa shape index (κ3) is 4.89. The van der Waals surface area contributed by atoms with Crippen LogP contribution in [0, 0.1) is 17.3 Å². The van der Waals surface area contributed by atoms with E-state index < -0.39 is 0 Å². The van der Waals surface area contributed by atoms with E-state index in [1.165, 1.54) is 32.1 Å². The molecule has 0 amide bonds. The second-order valence-electron chi connectivity index (χ2n) is 6.47. The van der Waals surface area contributed by atoms with E-state index in [1.54, 1.807) is 0 Å². The summed E-state index contributed by atoms with van der Waals surface area (Å²) in [4.78, 5) is 0. The Balaban J connectivity index is 2.17. The summed E-state index contributed by atoms with van der Waals surface area (Å²) < 4.78 is 0. The van der Waals surface area contributed by atoms with E-state index >= 15 is 0 Å². The minimum Gasteiger partial charge on any atom is -0.396 e. The van der Waals surface area contributed by atoms with Crippen LogP contribution in [0.1, 0.15) is 65.7 Å². The van der Waals surface area contributed by atoms with Gasteiger partial charge in [0.1, 0.15) is 0 Å². The molecular formula is C16H33NO. The Bertz CT molecular complexity index is 205. The fraction of sp³-hybridized carbons (Fsp3) is 1.00. The highest BCUT2D eigenvalue weighted by atomic mass is 16.3. The average molecular weight is 255 g/mol. The van der Waals surface area contributed by atoms with E-state index in [0.29, 0.717) is 6.61 Å². The van der Waals surface area contributed by atoms with Crippen molar-refractivity contribution in [3.05, 3.63) is 0 Å². The molecule has 0 bridgehead atoms. The van der Waals surface area contributed by atoms with Crippen LogP contribution in [0.5, 0.6) is 0 Å². The molecule has 2 atom stereocenters. The molecule has 1 fully saturated rings. The van der Waals surface area contributed by atoms with Crippen LogP contribution in [0.25, 0.3) is 0 Å². The summed E-state index contributed by atoms with van der Waals surface area (Å²) in [5.74, 6) is 1.87. The molecule has 1 saturated carbocycles. The number of aliphatic hydroxyl groups excluding tert-OH is 1. The van der Waals surface area contributed by atoms with Gasteiger partial charge in [-0.25, -0.2) is 0 Å². The van der Waals surface area contributed by atoms with Gasteiger partial charge in [0.15, 0.2) is 0 Å². The van der Waals surface area contributed by atoms with E-state index in [9.17, 15) is 5.11 Å². The lowest BCUT2D eigenvalue weighted by Crippen LogP contribution is -2.37. The second-order valence-corrected chi connectivity index (χ2v) is 6.47. The first-order valence-corrected chi connectivity index (χ1v) is 7.97. The third-order valence-corrected chi connectivity index (χ3v) is 5.11. The minimum atomic E-state index is 0.111. The fourth-order valence-corrected chi connectivity index (χ4v) is 3.26. The second kappa shape index (κ2) is 8.16. The molecule has 0 aromatic heterocycles. The maximum Gasteiger partial charge on any atom is 0.0499 e. The summed E-state index contributed by atoms with van der Waals surface area (Å²) >= 11 is 0. The molecule has 1 rings (SSSR count). The van der Waals surface area contributed by atoms with Crippen molar-refractivity contribution < 1.29 is 5.11 Å². The van der Waals surface area contributed by atoms with Crippen LogP contribution >= 0.6 is 0 Å². The van der Waals surface area contributed by atoms with E-state index in [2.05, 4.69) is 26.1 Å². The smallest absolute Gasteiger partial charge is 0.0499 e. The molecule has 0 aliphatic heterocycles. The van der Waals surface area contributed by atoms with Crippen molar-refractivity contribution >= 4 is 0 Å². The van der Waals surface area contributed by atoms with E-state index in [0.717, 1.165) is 37.8 Å². The van der Waals surface area contributed by atoms with E-state index in [4.69, 9.17) is 0 Å². The highest BCUT2D eigenvalue weighted by Gasteiger charge is 2.25. The molecule has 2 heteroatoms. The van der Waals surface area contributed by atoms with Crippen molar-refractivity contribution in [1.82, 2.24) is 5.32 Å². The van der Waals surface area contributed by atoms with Gasteiger partial charge in [0.25, 0.3) is 0 Å². The van der Waals surface area contributed by atoms with Gasteiger partial charge in [-0.2, -0.15) is 0 Å². The molecule has 0 radical (unpaired) electrons.